The number of hydrogen-bond acceptors (Lipinski definition) is 3. The lowest BCUT2D eigenvalue weighted by molar-refractivity contribution is -0.114. The molecule has 0 spiro atoms. The molecule has 0 aliphatic heterocycles. The van der Waals surface area contributed by atoms with E-state index in [4.69, 9.17) is 0 Å². The average molecular weight is 249 g/mol. The van der Waals surface area contributed by atoms with E-state index in [0.717, 1.165) is 6.42 Å². The number of carbonyl (C=O) groups excluding carboxylic acids is 2. The fourth-order valence-corrected chi connectivity index (χ4v) is 1.40. The summed E-state index contributed by atoms with van der Waals surface area (Å²) in [5.41, 5.74) is 0.498. The molecule has 0 unspecified atom stereocenters. The van der Waals surface area contributed by atoms with Crippen LogP contribution in [0.3, 0.4) is 0 Å². The van der Waals surface area contributed by atoms with Crippen molar-refractivity contribution < 1.29 is 9.59 Å². The molecule has 2 N–H and O–H groups in total. The minimum absolute atomic E-state index is 0.148. The average Bonchev–Trinajstić information content (AvgIpc) is 2.27. The fraction of sp³-hybridized carbons (Fsp3) is 0.462. The van der Waals surface area contributed by atoms with Crippen LogP contribution in [-0.2, 0) is 4.79 Å². The van der Waals surface area contributed by atoms with Crippen molar-refractivity contribution in [2.24, 2.45) is 5.92 Å². The topological polar surface area (TPSA) is 71.1 Å². The van der Waals surface area contributed by atoms with Crippen LogP contribution in [0.4, 0.5) is 5.82 Å². The van der Waals surface area contributed by atoms with Gasteiger partial charge in [0.1, 0.15) is 5.82 Å². The quantitative estimate of drug-likeness (QED) is 0.836. The second-order valence-corrected chi connectivity index (χ2v) is 4.55. The smallest absolute Gasteiger partial charge is 0.251 e. The molecule has 0 bridgehead atoms. The van der Waals surface area contributed by atoms with Gasteiger partial charge >= 0.3 is 0 Å². The number of nitrogens with one attached hydrogen (secondary N) is 2. The van der Waals surface area contributed by atoms with Crippen LogP contribution < -0.4 is 10.6 Å². The number of aromatic nitrogens is 1. The normalized spacial score (nSPS) is 10.2. The molecule has 1 rings (SSSR count). The number of pyridine rings is 1. The molecule has 5 nitrogen and oxygen atoms in total. The van der Waals surface area contributed by atoms with Gasteiger partial charge in [-0.05, 0) is 24.5 Å². The van der Waals surface area contributed by atoms with E-state index in [1.54, 1.807) is 12.1 Å². The maximum atomic E-state index is 11.8. The van der Waals surface area contributed by atoms with Gasteiger partial charge in [0.15, 0.2) is 0 Å². The maximum Gasteiger partial charge on any atom is 0.251 e. The summed E-state index contributed by atoms with van der Waals surface area (Å²) in [6, 6.07) is 3.18. The lowest BCUT2D eigenvalue weighted by Crippen LogP contribution is -2.25. The first-order chi connectivity index (χ1) is 8.49. The number of anilines is 1. The van der Waals surface area contributed by atoms with Gasteiger partial charge in [0.25, 0.3) is 5.91 Å². The number of carbonyl (C=O) groups is 2. The molecule has 0 saturated heterocycles. The van der Waals surface area contributed by atoms with E-state index < -0.39 is 0 Å². The van der Waals surface area contributed by atoms with E-state index in [9.17, 15) is 9.59 Å². The summed E-state index contributed by atoms with van der Waals surface area (Å²) in [6.07, 6.45) is 2.44. The summed E-state index contributed by atoms with van der Waals surface area (Å²) < 4.78 is 0. The highest BCUT2D eigenvalue weighted by Crippen LogP contribution is 2.07. The maximum absolute atomic E-state index is 11.8. The van der Waals surface area contributed by atoms with E-state index in [-0.39, 0.29) is 11.8 Å². The first-order valence-electron chi connectivity index (χ1n) is 6.01. The summed E-state index contributed by atoms with van der Waals surface area (Å²) in [7, 11) is 0. The fourth-order valence-electron chi connectivity index (χ4n) is 1.40. The summed E-state index contributed by atoms with van der Waals surface area (Å²) >= 11 is 0. The van der Waals surface area contributed by atoms with Crippen molar-refractivity contribution in [3.8, 4) is 0 Å². The Bertz CT molecular complexity index is 430. The Morgan fingerprint density at radius 3 is 2.72 bits per heavy atom. The van der Waals surface area contributed by atoms with E-state index in [1.807, 2.05) is 0 Å². The van der Waals surface area contributed by atoms with Gasteiger partial charge in [-0.25, -0.2) is 4.98 Å². The molecular formula is C13H19N3O2. The van der Waals surface area contributed by atoms with Gasteiger partial charge in [0.05, 0.1) is 0 Å². The van der Waals surface area contributed by atoms with Crippen molar-refractivity contribution in [2.75, 3.05) is 11.9 Å². The van der Waals surface area contributed by atoms with Crippen LogP contribution in [0.5, 0.6) is 0 Å². The molecule has 0 aliphatic carbocycles. The molecule has 18 heavy (non-hydrogen) atoms. The number of nitrogens with zero attached hydrogens (tertiary/aromatic N) is 1. The van der Waals surface area contributed by atoms with Gasteiger partial charge in [0.2, 0.25) is 5.91 Å². The molecule has 0 radical (unpaired) electrons. The van der Waals surface area contributed by atoms with Crippen molar-refractivity contribution in [3.63, 3.8) is 0 Å². The Hall–Kier alpha value is -1.91. The van der Waals surface area contributed by atoms with Crippen molar-refractivity contribution in [2.45, 2.75) is 27.2 Å². The summed E-state index contributed by atoms with van der Waals surface area (Å²) in [4.78, 5) is 26.7. The van der Waals surface area contributed by atoms with Gasteiger partial charge in [-0.15, -0.1) is 0 Å². The van der Waals surface area contributed by atoms with E-state index >= 15 is 0 Å². The van der Waals surface area contributed by atoms with Crippen LogP contribution in [0.15, 0.2) is 18.3 Å². The minimum atomic E-state index is -0.208. The van der Waals surface area contributed by atoms with Gasteiger partial charge in [-0.2, -0.15) is 0 Å². The standard InChI is InChI=1S/C13H19N3O2/c1-9(2)4-6-15-13(18)11-5-7-14-12(8-11)16-10(3)17/h5,7-9H,4,6H2,1-3H3,(H,15,18)(H,14,16,17). The Kier molecular flexibility index (Phi) is 5.30. The SMILES string of the molecule is CC(=O)Nc1cc(C(=O)NCCC(C)C)ccn1. The molecule has 0 saturated carbocycles. The van der Waals surface area contributed by atoms with Gasteiger partial charge in [0, 0.05) is 25.2 Å². The third kappa shape index (κ3) is 4.95. The largest absolute Gasteiger partial charge is 0.352 e. The van der Waals surface area contributed by atoms with Crippen LogP contribution >= 0.6 is 0 Å². The van der Waals surface area contributed by atoms with E-state index in [2.05, 4.69) is 29.5 Å². The molecule has 0 atom stereocenters. The molecule has 1 aromatic heterocycles. The van der Waals surface area contributed by atoms with Crippen molar-refractivity contribution in [1.29, 1.82) is 0 Å². The Morgan fingerprint density at radius 1 is 1.39 bits per heavy atom. The molecular weight excluding hydrogens is 230 g/mol. The van der Waals surface area contributed by atoms with Crippen LogP contribution in [0.2, 0.25) is 0 Å². The molecule has 0 aromatic carbocycles. The summed E-state index contributed by atoms with van der Waals surface area (Å²) in [5.74, 6) is 0.584. The lowest BCUT2D eigenvalue weighted by atomic mass is 10.1. The van der Waals surface area contributed by atoms with Crippen LogP contribution in [0.25, 0.3) is 0 Å². The molecule has 1 heterocycles. The second-order valence-electron chi connectivity index (χ2n) is 4.55. The van der Waals surface area contributed by atoms with Crippen molar-refractivity contribution >= 4 is 17.6 Å². The van der Waals surface area contributed by atoms with E-state index in [1.165, 1.54) is 13.1 Å². The summed E-state index contributed by atoms with van der Waals surface area (Å²) in [6.45, 7) is 6.26. The number of rotatable bonds is 5. The Labute approximate surface area is 107 Å². The van der Waals surface area contributed by atoms with E-state index in [0.29, 0.717) is 23.8 Å². The van der Waals surface area contributed by atoms with Crippen LogP contribution in [-0.4, -0.2) is 23.3 Å². The third-order valence-electron chi connectivity index (χ3n) is 2.33. The zero-order chi connectivity index (χ0) is 13.5. The first-order valence-corrected chi connectivity index (χ1v) is 6.01. The van der Waals surface area contributed by atoms with Crippen molar-refractivity contribution in [3.05, 3.63) is 23.9 Å². The third-order valence-corrected chi connectivity index (χ3v) is 2.33. The molecule has 0 aliphatic rings. The van der Waals surface area contributed by atoms with Crippen molar-refractivity contribution in [1.82, 2.24) is 10.3 Å². The summed E-state index contributed by atoms with van der Waals surface area (Å²) in [5, 5.41) is 5.38. The first kappa shape index (κ1) is 14.2. The predicted molar refractivity (Wildman–Crippen MR) is 70.3 cm³/mol. The Morgan fingerprint density at radius 2 is 2.11 bits per heavy atom. The number of hydrogen-bond donors (Lipinski definition) is 2. The highest BCUT2D eigenvalue weighted by molar-refractivity contribution is 5.96. The zero-order valence-electron chi connectivity index (χ0n) is 11.0. The monoisotopic (exact) mass is 249 g/mol. The van der Waals surface area contributed by atoms with Crippen LogP contribution in [0.1, 0.15) is 37.6 Å². The Balaban J connectivity index is 2.59. The second kappa shape index (κ2) is 6.74. The highest BCUT2D eigenvalue weighted by atomic mass is 16.2. The minimum Gasteiger partial charge on any atom is -0.352 e. The molecule has 1 aromatic rings. The number of amides is 2. The van der Waals surface area contributed by atoms with Gasteiger partial charge < -0.3 is 10.6 Å². The molecule has 2 amide bonds. The highest BCUT2D eigenvalue weighted by Gasteiger charge is 2.07. The van der Waals surface area contributed by atoms with Crippen LogP contribution in [0, 0.1) is 5.92 Å². The zero-order valence-corrected chi connectivity index (χ0v) is 11.0. The van der Waals surface area contributed by atoms with Gasteiger partial charge in [-0.1, -0.05) is 13.8 Å². The predicted octanol–water partition coefficient (Wildman–Crippen LogP) is 1.82. The lowest BCUT2D eigenvalue weighted by Gasteiger charge is -2.08. The molecule has 0 fully saturated rings. The molecule has 5 heteroatoms. The van der Waals surface area contributed by atoms with Gasteiger partial charge in [-0.3, -0.25) is 9.59 Å². The molecule has 98 valence electrons.